The molecule has 0 aromatic heterocycles. The average molecular weight is 162 g/mol. The summed E-state index contributed by atoms with van der Waals surface area (Å²) in [5.41, 5.74) is -0.458. The number of hydrogen-bond acceptors (Lipinski definition) is 1. The molecule has 0 rings (SSSR count). The summed E-state index contributed by atoms with van der Waals surface area (Å²) in [4.78, 5) is 0. The molecule has 0 saturated heterocycles. The molecule has 0 aromatic carbocycles. The minimum atomic E-state index is -0.458. The van der Waals surface area contributed by atoms with Gasteiger partial charge in [0.25, 0.3) is 0 Å². The van der Waals surface area contributed by atoms with Gasteiger partial charge >= 0.3 is 0 Å². The van der Waals surface area contributed by atoms with E-state index in [1.54, 1.807) is 13.8 Å². The standard InChI is InChI=1S/C5H12O.C3H8.C2H6/c1-4-5(2,3)6;1-3-2;1-2/h6H,4H2,1-3H3;3H2,1-2H3;1-2H3. The highest BCUT2D eigenvalue weighted by molar-refractivity contribution is 4.59. The van der Waals surface area contributed by atoms with Crippen molar-refractivity contribution in [3.63, 3.8) is 0 Å². The topological polar surface area (TPSA) is 20.2 Å². The molecule has 0 fully saturated rings. The Bertz CT molecular complexity index is 43.3. The van der Waals surface area contributed by atoms with Gasteiger partial charge in [0, 0.05) is 0 Å². The van der Waals surface area contributed by atoms with Crippen molar-refractivity contribution in [2.45, 2.75) is 66.9 Å². The lowest BCUT2D eigenvalue weighted by molar-refractivity contribution is 0.0765. The second-order valence-corrected chi connectivity index (χ2v) is 2.87. The first-order valence-electron chi connectivity index (χ1n) is 4.70. The summed E-state index contributed by atoms with van der Waals surface area (Å²) in [6.07, 6.45) is 2.08. The number of hydrogen-bond donors (Lipinski definition) is 1. The molecule has 0 saturated carbocycles. The molecule has 0 heterocycles. The van der Waals surface area contributed by atoms with Crippen LogP contribution in [0.25, 0.3) is 0 Å². The third-order valence-electron chi connectivity index (χ3n) is 0.865. The van der Waals surface area contributed by atoms with Gasteiger partial charge < -0.3 is 5.11 Å². The van der Waals surface area contributed by atoms with Crippen molar-refractivity contribution in [2.75, 3.05) is 0 Å². The van der Waals surface area contributed by atoms with E-state index in [0.717, 1.165) is 6.42 Å². The zero-order chi connectivity index (χ0) is 9.91. The van der Waals surface area contributed by atoms with Gasteiger partial charge in [-0.1, -0.05) is 41.0 Å². The molecule has 0 amide bonds. The Hall–Kier alpha value is -0.0400. The Kier molecular flexibility index (Phi) is 19.7. The van der Waals surface area contributed by atoms with Crippen LogP contribution in [0.1, 0.15) is 61.3 Å². The summed E-state index contributed by atoms with van der Waals surface area (Å²) in [5.74, 6) is 0. The molecule has 1 heteroatoms. The van der Waals surface area contributed by atoms with E-state index in [1.165, 1.54) is 6.42 Å². The second kappa shape index (κ2) is 12.6. The summed E-state index contributed by atoms with van der Waals surface area (Å²) < 4.78 is 0. The van der Waals surface area contributed by atoms with E-state index >= 15 is 0 Å². The van der Waals surface area contributed by atoms with Gasteiger partial charge in [0.1, 0.15) is 0 Å². The third-order valence-corrected chi connectivity index (χ3v) is 0.865. The lowest BCUT2D eigenvalue weighted by Crippen LogP contribution is -2.15. The van der Waals surface area contributed by atoms with E-state index < -0.39 is 5.60 Å². The Labute approximate surface area is 72.8 Å². The van der Waals surface area contributed by atoms with Gasteiger partial charge in [-0.05, 0) is 20.3 Å². The lowest BCUT2D eigenvalue weighted by atomic mass is 10.1. The predicted molar refractivity (Wildman–Crippen MR) is 53.9 cm³/mol. The molecule has 0 radical (unpaired) electrons. The maximum Gasteiger partial charge on any atom is 0.0589 e. The second-order valence-electron chi connectivity index (χ2n) is 2.87. The van der Waals surface area contributed by atoms with Crippen LogP contribution in [-0.4, -0.2) is 10.7 Å². The van der Waals surface area contributed by atoms with Crippen molar-refractivity contribution in [3.05, 3.63) is 0 Å². The van der Waals surface area contributed by atoms with Crippen molar-refractivity contribution in [2.24, 2.45) is 0 Å². The highest BCUT2D eigenvalue weighted by Gasteiger charge is 2.05. The average Bonchev–Trinajstić information content (AvgIpc) is 1.93. The zero-order valence-corrected chi connectivity index (χ0v) is 9.36. The van der Waals surface area contributed by atoms with Crippen LogP contribution in [-0.2, 0) is 0 Å². The van der Waals surface area contributed by atoms with Crippen LogP contribution in [0, 0.1) is 0 Å². The van der Waals surface area contributed by atoms with Crippen LogP contribution in [0.5, 0.6) is 0 Å². The lowest BCUT2D eigenvalue weighted by Gasteiger charge is -2.11. The Morgan fingerprint density at radius 1 is 1.00 bits per heavy atom. The molecule has 1 N–H and O–H groups in total. The smallest absolute Gasteiger partial charge is 0.0589 e. The molecule has 72 valence electrons. The van der Waals surface area contributed by atoms with Crippen molar-refractivity contribution in [3.8, 4) is 0 Å². The van der Waals surface area contributed by atoms with Crippen LogP contribution in [0.2, 0.25) is 0 Å². The van der Waals surface area contributed by atoms with Gasteiger partial charge in [0.15, 0.2) is 0 Å². The number of rotatable bonds is 1. The summed E-state index contributed by atoms with van der Waals surface area (Å²) in [6, 6.07) is 0. The molecular formula is C10H26O. The maximum absolute atomic E-state index is 8.83. The quantitative estimate of drug-likeness (QED) is 0.624. The van der Waals surface area contributed by atoms with Gasteiger partial charge in [0.2, 0.25) is 0 Å². The first-order chi connectivity index (χ1) is 4.97. The van der Waals surface area contributed by atoms with E-state index in [0.29, 0.717) is 0 Å². The third kappa shape index (κ3) is 72.0. The zero-order valence-electron chi connectivity index (χ0n) is 9.36. The fraction of sp³-hybridized carbons (Fsp3) is 1.00. The minimum absolute atomic E-state index is 0.458. The van der Waals surface area contributed by atoms with Gasteiger partial charge in [-0.25, -0.2) is 0 Å². The van der Waals surface area contributed by atoms with E-state index in [4.69, 9.17) is 5.11 Å². The van der Waals surface area contributed by atoms with Crippen molar-refractivity contribution in [1.82, 2.24) is 0 Å². The molecule has 11 heavy (non-hydrogen) atoms. The SMILES string of the molecule is CC.CCC.CCC(C)(C)O. The minimum Gasteiger partial charge on any atom is -0.390 e. The van der Waals surface area contributed by atoms with E-state index in [2.05, 4.69) is 13.8 Å². The monoisotopic (exact) mass is 162 g/mol. The van der Waals surface area contributed by atoms with E-state index in [9.17, 15) is 0 Å². The first kappa shape index (κ1) is 17.2. The normalized spacial score (nSPS) is 8.73. The maximum atomic E-state index is 8.83. The molecular weight excluding hydrogens is 136 g/mol. The van der Waals surface area contributed by atoms with Gasteiger partial charge in [-0.15, -0.1) is 0 Å². The Morgan fingerprint density at radius 2 is 1.09 bits per heavy atom. The Balaban J connectivity index is -0.000000109. The van der Waals surface area contributed by atoms with Crippen LogP contribution in [0.15, 0.2) is 0 Å². The molecule has 0 aromatic rings. The van der Waals surface area contributed by atoms with E-state index in [1.807, 2.05) is 20.8 Å². The van der Waals surface area contributed by atoms with Gasteiger partial charge in [0.05, 0.1) is 5.60 Å². The summed E-state index contributed by atoms with van der Waals surface area (Å²) >= 11 is 0. The van der Waals surface area contributed by atoms with Crippen LogP contribution >= 0.6 is 0 Å². The molecule has 0 aliphatic heterocycles. The molecule has 0 atom stereocenters. The fourth-order valence-corrected chi connectivity index (χ4v) is 0. The van der Waals surface area contributed by atoms with Crippen LogP contribution in [0.4, 0.5) is 0 Å². The number of aliphatic hydroxyl groups is 1. The molecule has 0 aliphatic rings. The summed E-state index contributed by atoms with van der Waals surface area (Å²) in [7, 11) is 0. The largest absolute Gasteiger partial charge is 0.390 e. The highest BCUT2D eigenvalue weighted by atomic mass is 16.3. The Morgan fingerprint density at radius 3 is 1.09 bits per heavy atom. The molecule has 0 aliphatic carbocycles. The van der Waals surface area contributed by atoms with E-state index in [-0.39, 0.29) is 0 Å². The van der Waals surface area contributed by atoms with Crippen LogP contribution in [0.3, 0.4) is 0 Å². The van der Waals surface area contributed by atoms with Crippen molar-refractivity contribution < 1.29 is 5.11 Å². The van der Waals surface area contributed by atoms with Gasteiger partial charge in [-0.3, -0.25) is 0 Å². The summed E-state index contributed by atoms with van der Waals surface area (Å²) in [5, 5.41) is 8.83. The molecule has 0 spiro atoms. The van der Waals surface area contributed by atoms with Crippen molar-refractivity contribution in [1.29, 1.82) is 0 Å². The first-order valence-corrected chi connectivity index (χ1v) is 4.70. The predicted octanol–water partition coefficient (Wildman–Crippen LogP) is 3.61. The summed E-state index contributed by atoms with van der Waals surface area (Å²) in [6.45, 7) is 13.8. The van der Waals surface area contributed by atoms with Crippen LogP contribution < -0.4 is 0 Å². The molecule has 0 bridgehead atoms. The molecule has 1 nitrogen and oxygen atoms in total. The van der Waals surface area contributed by atoms with Gasteiger partial charge in [-0.2, -0.15) is 0 Å². The molecule has 0 unspecified atom stereocenters. The van der Waals surface area contributed by atoms with Crippen molar-refractivity contribution >= 4 is 0 Å². The fourth-order valence-electron chi connectivity index (χ4n) is 0. The highest BCUT2D eigenvalue weighted by Crippen LogP contribution is 2.03.